The number of thiazole rings is 1. The van der Waals surface area contributed by atoms with Gasteiger partial charge >= 0.3 is 5.97 Å². The minimum atomic E-state index is -0.759. The second kappa shape index (κ2) is 13.6. The van der Waals surface area contributed by atoms with Gasteiger partial charge in [-0.15, -0.1) is 0 Å². The molecule has 0 fully saturated rings. The molecule has 0 saturated heterocycles. The number of non-ortho nitro benzene ring substituents is 1. The summed E-state index contributed by atoms with van der Waals surface area (Å²) in [5.74, 6) is 0.660. The van der Waals surface area contributed by atoms with E-state index in [1.165, 1.54) is 28.0 Å². The van der Waals surface area contributed by atoms with E-state index in [9.17, 15) is 19.7 Å². The van der Waals surface area contributed by atoms with Crippen molar-refractivity contribution in [3.63, 3.8) is 0 Å². The third-order valence-electron chi connectivity index (χ3n) is 6.89. The number of nitro benzene ring substituents is 1. The van der Waals surface area contributed by atoms with Gasteiger partial charge in [0.25, 0.3) is 11.2 Å². The van der Waals surface area contributed by atoms with Crippen LogP contribution in [0.1, 0.15) is 50.4 Å². The summed E-state index contributed by atoms with van der Waals surface area (Å²) in [4.78, 5) is 43.1. The third-order valence-corrected chi connectivity index (χ3v) is 8.37. The van der Waals surface area contributed by atoms with Crippen LogP contribution >= 0.6 is 27.3 Å². The number of nitro groups is 1. The molecular weight excluding hydrogens is 662 g/mol. The summed E-state index contributed by atoms with van der Waals surface area (Å²) in [7, 11) is 0. The molecule has 0 aliphatic carbocycles. The van der Waals surface area contributed by atoms with Crippen molar-refractivity contribution in [2.75, 3.05) is 6.61 Å². The van der Waals surface area contributed by atoms with Crippen LogP contribution in [-0.4, -0.2) is 28.2 Å². The Balaban J connectivity index is 1.57. The van der Waals surface area contributed by atoms with Crippen molar-refractivity contribution in [3.8, 4) is 11.5 Å². The van der Waals surface area contributed by atoms with Gasteiger partial charge in [0.05, 0.1) is 39.5 Å². The SMILES string of the molecule is CCOc1ccc([C@@H]2C(C(=O)OC(C)C)=C(C)N=c3s/c(=C/c4cc(Br)ccc4OCc4ccc([N+](=O)[O-])cc4)c(=O)n32)cc1. The van der Waals surface area contributed by atoms with E-state index in [-0.39, 0.29) is 24.0 Å². The van der Waals surface area contributed by atoms with Gasteiger partial charge < -0.3 is 14.2 Å². The lowest BCUT2D eigenvalue weighted by Crippen LogP contribution is -2.40. The Hall–Kier alpha value is -4.55. The molecule has 0 saturated carbocycles. The maximum Gasteiger partial charge on any atom is 0.338 e. The number of allylic oxidation sites excluding steroid dienone is 1. The van der Waals surface area contributed by atoms with Gasteiger partial charge in [-0.1, -0.05) is 39.4 Å². The number of carbonyl (C=O) groups is 1. The fourth-order valence-electron chi connectivity index (χ4n) is 4.87. The molecule has 0 spiro atoms. The first kappa shape index (κ1) is 31.9. The summed E-state index contributed by atoms with van der Waals surface area (Å²) in [6, 6.07) is 18.1. The zero-order valence-corrected chi connectivity index (χ0v) is 27.4. The van der Waals surface area contributed by atoms with Crippen molar-refractivity contribution < 1.29 is 23.9 Å². The summed E-state index contributed by atoms with van der Waals surface area (Å²) >= 11 is 4.72. The molecule has 1 atom stereocenters. The molecule has 2 heterocycles. The minimum absolute atomic E-state index is 0.00198. The molecule has 1 aromatic heterocycles. The third kappa shape index (κ3) is 7.07. The first-order chi connectivity index (χ1) is 21.5. The highest BCUT2D eigenvalue weighted by atomic mass is 79.9. The van der Waals surface area contributed by atoms with E-state index in [1.54, 1.807) is 45.0 Å². The molecule has 0 unspecified atom stereocenters. The monoisotopic (exact) mass is 691 g/mol. The van der Waals surface area contributed by atoms with Gasteiger partial charge in [-0.25, -0.2) is 9.79 Å². The zero-order chi connectivity index (χ0) is 32.2. The number of esters is 1. The van der Waals surface area contributed by atoms with E-state index in [2.05, 4.69) is 20.9 Å². The molecule has 0 radical (unpaired) electrons. The van der Waals surface area contributed by atoms with E-state index >= 15 is 0 Å². The predicted molar refractivity (Wildman–Crippen MR) is 174 cm³/mol. The Morgan fingerprint density at radius 2 is 1.82 bits per heavy atom. The predicted octanol–water partition coefficient (Wildman–Crippen LogP) is 5.84. The maximum atomic E-state index is 14.1. The quantitative estimate of drug-likeness (QED) is 0.116. The lowest BCUT2D eigenvalue weighted by Gasteiger charge is -2.25. The number of hydrogen-bond donors (Lipinski definition) is 0. The van der Waals surface area contributed by atoms with E-state index in [0.717, 1.165) is 10.0 Å². The largest absolute Gasteiger partial charge is 0.494 e. The van der Waals surface area contributed by atoms with Gasteiger partial charge in [0.2, 0.25) is 0 Å². The zero-order valence-electron chi connectivity index (χ0n) is 25.0. The molecule has 5 rings (SSSR count). The van der Waals surface area contributed by atoms with Gasteiger partial charge in [-0.2, -0.15) is 0 Å². The van der Waals surface area contributed by atoms with Gasteiger partial charge in [0.1, 0.15) is 18.1 Å². The molecule has 1 aliphatic heterocycles. The first-order valence-corrected chi connectivity index (χ1v) is 15.8. The molecule has 45 heavy (non-hydrogen) atoms. The molecule has 12 heteroatoms. The second-order valence-electron chi connectivity index (χ2n) is 10.4. The van der Waals surface area contributed by atoms with Crippen molar-refractivity contribution in [3.05, 3.63) is 129 Å². The topological polar surface area (TPSA) is 122 Å². The number of ether oxygens (including phenoxy) is 3. The fourth-order valence-corrected chi connectivity index (χ4v) is 6.28. The first-order valence-electron chi connectivity index (χ1n) is 14.2. The van der Waals surface area contributed by atoms with Gasteiger partial charge in [0, 0.05) is 22.2 Å². The molecule has 3 aromatic carbocycles. The molecule has 0 amide bonds. The standard InChI is InChI=1S/C33H30BrN3O7S/c1-5-42-26-13-8-22(9-14-26)30-29(32(39)44-19(2)3)20(4)35-33-36(30)31(38)28(45-33)17-23-16-24(34)10-15-27(23)43-18-21-6-11-25(12-7-21)37(40)41/h6-17,19,30H,5,18H2,1-4H3/b28-17+/t30-/m1/s1. The van der Waals surface area contributed by atoms with Crippen LogP contribution in [-0.2, 0) is 16.1 Å². The van der Waals surface area contributed by atoms with Crippen molar-refractivity contribution in [2.45, 2.75) is 46.4 Å². The van der Waals surface area contributed by atoms with E-state index < -0.39 is 16.9 Å². The number of carbonyl (C=O) groups excluding carboxylic acids is 1. The van der Waals surface area contributed by atoms with Gasteiger partial charge in [0.15, 0.2) is 4.80 Å². The van der Waals surface area contributed by atoms with Crippen molar-refractivity contribution in [1.82, 2.24) is 4.57 Å². The van der Waals surface area contributed by atoms with E-state index in [4.69, 9.17) is 14.2 Å². The minimum Gasteiger partial charge on any atom is -0.494 e. The molecule has 232 valence electrons. The van der Waals surface area contributed by atoms with Crippen LogP contribution in [0.4, 0.5) is 5.69 Å². The lowest BCUT2D eigenvalue weighted by molar-refractivity contribution is -0.384. The highest BCUT2D eigenvalue weighted by molar-refractivity contribution is 9.10. The average molecular weight is 693 g/mol. The molecule has 0 N–H and O–H groups in total. The summed E-state index contributed by atoms with van der Waals surface area (Å²) in [5.41, 5.74) is 2.55. The Morgan fingerprint density at radius 1 is 1.11 bits per heavy atom. The molecule has 1 aliphatic rings. The Morgan fingerprint density at radius 3 is 2.47 bits per heavy atom. The Labute approximate surface area is 271 Å². The summed E-state index contributed by atoms with van der Waals surface area (Å²) < 4.78 is 20.0. The number of hydrogen-bond acceptors (Lipinski definition) is 9. The van der Waals surface area contributed by atoms with Crippen LogP contribution in [0.3, 0.4) is 0 Å². The van der Waals surface area contributed by atoms with Crippen LogP contribution in [0.5, 0.6) is 11.5 Å². The Kier molecular flexibility index (Phi) is 9.64. The van der Waals surface area contributed by atoms with Crippen LogP contribution in [0.25, 0.3) is 6.08 Å². The number of rotatable bonds is 10. The van der Waals surface area contributed by atoms with Crippen LogP contribution < -0.4 is 24.4 Å². The molecule has 10 nitrogen and oxygen atoms in total. The van der Waals surface area contributed by atoms with Crippen molar-refractivity contribution >= 4 is 45.0 Å². The summed E-state index contributed by atoms with van der Waals surface area (Å²) in [6.45, 7) is 7.86. The van der Waals surface area contributed by atoms with Crippen molar-refractivity contribution in [2.24, 2.45) is 4.99 Å². The smallest absolute Gasteiger partial charge is 0.338 e. The van der Waals surface area contributed by atoms with Crippen LogP contribution in [0.2, 0.25) is 0 Å². The number of fused-ring (bicyclic) bond motifs is 1. The highest BCUT2D eigenvalue weighted by Crippen LogP contribution is 2.32. The highest BCUT2D eigenvalue weighted by Gasteiger charge is 2.34. The molecule has 4 aromatic rings. The number of halogens is 1. The summed E-state index contributed by atoms with van der Waals surface area (Å²) in [5, 5.41) is 11.0. The van der Waals surface area contributed by atoms with Crippen LogP contribution in [0, 0.1) is 10.1 Å². The Bertz CT molecular complexity index is 1960. The van der Waals surface area contributed by atoms with Gasteiger partial charge in [-0.05, 0) is 87.4 Å². The lowest BCUT2D eigenvalue weighted by atomic mass is 9.96. The molecular formula is C33H30BrN3O7S. The molecule has 0 bridgehead atoms. The average Bonchev–Trinajstić information content (AvgIpc) is 3.30. The van der Waals surface area contributed by atoms with Crippen molar-refractivity contribution in [1.29, 1.82) is 0 Å². The van der Waals surface area contributed by atoms with E-state index in [0.29, 0.717) is 49.8 Å². The number of aromatic nitrogens is 1. The van der Waals surface area contributed by atoms with E-state index in [1.807, 2.05) is 43.3 Å². The number of benzene rings is 3. The normalized spacial score (nSPS) is 14.6. The number of nitrogens with zero attached hydrogens (tertiary/aromatic N) is 3. The van der Waals surface area contributed by atoms with Crippen LogP contribution in [0.15, 0.2) is 92.3 Å². The maximum absolute atomic E-state index is 14.1. The fraction of sp³-hybridized carbons (Fsp3) is 0.242. The van der Waals surface area contributed by atoms with Gasteiger partial charge in [-0.3, -0.25) is 19.5 Å². The second-order valence-corrected chi connectivity index (χ2v) is 12.4. The summed E-state index contributed by atoms with van der Waals surface area (Å²) in [6.07, 6.45) is 1.38.